The van der Waals surface area contributed by atoms with E-state index < -0.39 is 5.60 Å². The van der Waals surface area contributed by atoms with Gasteiger partial charge in [0.1, 0.15) is 0 Å². The number of hydrogen-bond donors (Lipinski definition) is 1. The highest BCUT2D eigenvalue weighted by molar-refractivity contribution is 9.10. The molecule has 0 unspecified atom stereocenters. The van der Waals surface area contributed by atoms with Gasteiger partial charge in [-0.15, -0.1) is 0 Å². The monoisotopic (exact) mass is 296 g/mol. The fourth-order valence-corrected chi connectivity index (χ4v) is 1.68. The van der Waals surface area contributed by atoms with E-state index in [0.29, 0.717) is 18.1 Å². The van der Waals surface area contributed by atoms with Crippen molar-refractivity contribution in [2.24, 2.45) is 0 Å². The van der Waals surface area contributed by atoms with Crippen LogP contribution in [-0.2, 0) is 6.42 Å². The van der Waals surface area contributed by atoms with Crippen molar-refractivity contribution < 1.29 is 9.63 Å². The topological polar surface area (TPSA) is 59.2 Å². The zero-order valence-electron chi connectivity index (χ0n) is 9.64. The third-order valence-corrected chi connectivity index (χ3v) is 2.68. The normalized spacial score (nSPS) is 11.8. The molecule has 2 aromatic rings. The molecule has 17 heavy (non-hydrogen) atoms. The molecule has 0 bridgehead atoms. The van der Waals surface area contributed by atoms with Crippen LogP contribution in [0.25, 0.3) is 11.4 Å². The standard InChI is InChI=1S/C12H13BrN2O2/c1-12(2,16)7-10-14-11(15-17-10)8-3-5-9(13)6-4-8/h3-6,16H,7H2,1-2H3. The molecule has 0 saturated heterocycles. The van der Waals surface area contributed by atoms with Crippen LogP contribution in [0.15, 0.2) is 33.3 Å². The predicted molar refractivity (Wildman–Crippen MR) is 67.4 cm³/mol. The van der Waals surface area contributed by atoms with Crippen molar-refractivity contribution in [2.75, 3.05) is 0 Å². The van der Waals surface area contributed by atoms with Gasteiger partial charge in [-0.3, -0.25) is 0 Å². The largest absolute Gasteiger partial charge is 0.390 e. The third kappa shape index (κ3) is 3.38. The molecule has 1 aromatic carbocycles. The van der Waals surface area contributed by atoms with E-state index in [0.717, 1.165) is 10.0 Å². The molecule has 1 heterocycles. The second-order valence-electron chi connectivity index (χ2n) is 4.51. The predicted octanol–water partition coefficient (Wildman–Crippen LogP) is 2.81. The van der Waals surface area contributed by atoms with Gasteiger partial charge in [-0.2, -0.15) is 4.98 Å². The fraction of sp³-hybridized carbons (Fsp3) is 0.333. The van der Waals surface area contributed by atoms with E-state index in [1.54, 1.807) is 13.8 Å². The number of hydrogen-bond acceptors (Lipinski definition) is 4. The Labute approximate surface area is 108 Å². The average Bonchev–Trinajstić information content (AvgIpc) is 2.64. The van der Waals surface area contributed by atoms with Crippen molar-refractivity contribution >= 4 is 15.9 Å². The van der Waals surface area contributed by atoms with E-state index in [1.807, 2.05) is 24.3 Å². The third-order valence-electron chi connectivity index (χ3n) is 2.15. The number of nitrogens with zero attached hydrogens (tertiary/aromatic N) is 2. The smallest absolute Gasteiger partial charge is 0.229 e. The number of halogens is 1. The van der Waals surface area contributed by atoms with Crippen molar-refractivity contribution in [3.63, 3.8) is 0 Å². The Hall–Kier alpha value is -1.20. The maximum absolute atomic E-state index is 9.65. The average molecular weight is 297 g/mol. The van der Waals surface area contributed by atoms with E-state index in [-0.39, 0.29) is 0 Å². The molecule has 0 aliphatic heterocycles. The number of aliphatic hydroxyl groups is 1. The molecule has 1 N–H and O–H groups in total. The Kier molecular flexibility index (Phi) is 3.31. The van der Waals surface area contributed by atoms with Gasteiger partial charge < -0.3 is 9.63 Å². The molecule has 0 radical (unpaired) electrons. The zero-order chi connectivity index (χ0) is 12.5. The van der Waals surface area contributed by atoms with Crippen LogP contribution in [-0.4, -0.2) is 20.8 Å². The number of rotatable bonds is 3. The molecule has 0 amide bonds. The summed E-state index contributed by atoms with van der Waals surface area (Å²) >= 11 is 3.37. The van der Waals surface area contributed by atoms with Gasteiger partial charge in [0.05, 0.1) is 12.0 Å². The van der Waals surface area contributed by atoms with Crippen LogP contribution in [0.5, 0.6) is 0 Å². The Morgan fingerprint density at radius 2 is 1.94 bits per heavy atom. The highest BCUT2D eigenvalue weighted by atomic mass is 79.9. The van der Waals surface area contributed by atoms with Crippen LogP contribution in [0.4, 0.5) is 0 Å². The summed E-state index contributed by atoms with van der Waals surface area (Å²) in [6.07, 6.45) is 0.344. The number of aromatic nitrogens is 2. The molecule has 0 aliphatic carbocycles. The van der Waals surface area contributed by atoms with Gasteiger partial charge in [0.25, 0.3) is 0 Å². The molecule has 90 valence electrons. The highest BCUT2D eigenvalue weighted by Crippen LogP contribution is 2.20. The molecular weight excluding hydrogens is 284 g/mol. The zero-order valence-corrected chi connectivity index (χ0v) is 11.2. The summed E-state index contributed by atoms with van der Waals surface area (Å²) in [5.41, 5.74) is 0.0442. The van der Waals surface area contributed by atoms with Crippen LogP contribution in [0.2, 0.25) is 0 Å². The SMILES string of the molecule is CC(C)(O)Cc1nc(-c2ccc(Br)cc2)no1. The van der Waals surface area contributed by atoms with Gasteiger partial charge in [-0.1, -0.05) is 21.1 Å². The summed E-state index contributed by atoms with van der Waals surface area (Å²) < 4.78 is 6.09. The lowest BCUT2D eigenvalue weighted by Crippen LogP contribution is -2.21. The minimum Gasteiger partial charge on any atom is -0.390 e. The Balaban J connectivity index is 2.21. The van der Waals surface area contributed by atoms with E-state index in [2.05, 4.69) is 26.1 Å². The van der Waals surface area contributed by atoms with E-state index in [1.165, 1.54) is 0 Å². The first-order chi connectivity index (χ1) is 7.94. The van der Waals surface area contributed by atoms with Gasteiger partial charge in [0, 0.05) is 10.0 Å². The lowest BCUT2D eigenvalue weighted by molar-refractivity contribution is 0.0718. The van der Waals surface area contributed by atoms with Gasteiger partial charge in [0.2, 0.25) is 11.7 Å². The summed E-state index contributed by atoms with van der Waals surface area (Å²) in [6.45, 7) is 3.41. The Bertz CT molecular complexity index is 500. The first kappa shape index (κ1) is 12.3. The molecule has 0 aliphatic rings. The molecule has 4 nitrogen and oxygen atoms in total. The van der Waals surface area contributed by atoms with Crippen LogP contribution in [0, 0.1) is 0 Å². The molecule has 0 atom stereocenters. The molecule has 5 heteroatoms. The van der Waals surface area contributed by atoms with Crippen molar-refractivity contribution in [2.45, 2.75) is 25.9 Å². The summed E-state index contributed by atoms with van der Waals surface area (Å²) in [7, 11) is 0. The molecule has 0 spiro atoms. The van der Waals surface area contributed by atoms with E-state index in [4.69, 9.17) is 4.52 Å². The molecule has 0 fully saturated rings. The fourth-order valence-electron chi connectivity index (χ4n) is 1.41. The summed E-state index contributed by atoms with van der Waals surface area (Å²) in [6, 6.07) is 7.65. The van der Waals surface area contributed by atoms with Crippen molar-refractivity contribution in [1.82, 2.24) is 10.1 Å². The molecular formula is C12H13BrN2O2. The quantitative estimate of drug-likeness (QED) is 0.946. The van der Waals surface area contributed by atoms with Crippen molar-refractivity contribution in [3.05, 3.63) is 34.6 Å². The first-order valence-electron chi connectivity index (χ1n) is 5.25. The van der Waals surface area contributed by atoms with Crippen molar-refractivity contribution in [1.29, 1.82) is 0 Å². The summed E-state index contributed by atoms with van der Waals surface area (Å²) in [5, 5.41) is 13.5. The van der Waals surface area contributed by atoms with Gasteiger partial charge in [0.15, 0.2) is 0 Å². The summed E-state index contributed by atoms with van der Waals surface area (Å²) in [5.74, 6) is 0.979. The van der Waals surface area contributed by atoms with Gasteiger partial charge in [-0.05, 0) is 38.1 Å². The highest BCUT2D eigenvalue weighted by Gasteiger charge is 2.18. The summed E-state index contributed by atoms with van der Waals surface area (Å²) in [4.78, 5) is 4.24. The second kappa shape index (κ2) is 4.58. The van der Waals surface area contributed by atoms with Crippen molar-refractivity contribution in [3.8, 4) is 11.4 Å². The van der Waals surface area contributed by atoms with E-state index in [9.17, 15) is 5.11 Å². The Morgan fingerprint density at radius 1 is 1.29 bits per heavy atom. The maximum Gasteiger partial charge on any atom is 0.229 e. The minimum atomic E-state index is -0.844. The molecule has 1 aromatic heterocycles. The lowest BCUT2D eigenvalue weighted by atomic mass is 10.1. The number of benzene rings is 1. The van der Waals surface area contributed by atoms with E-state index >= 15 is 0 Å². The second-order valence-corrected chi connectivity index (χ2v) is 5.42. The van der Waals surface area contributed by atoms with Crippen LogP contribution < -0.4 is 0 Å². The first-order valence-corrected chi connectivity index (χ1v) is 6.04. The lowest BCUT2D eigenvalue weighted by Gasteiger charge is -2.12. The molecule has 0 saturated carbocycles. The van der Waals surface area contributed by atoms with Gasteiger partial charge in [-0.25, -0.2) is 0 Å². The molecule has 2 rings (SSSR count). The van der Waals surface area contributed by atoms with Crippen LogP contribution in [0.3, 0.4) is 0 Å². The minimum absolute atomic E-state index is 0.344. The van der Waals surface area contributed by atoms with Gasteiger partial charge >= 0.3 is 0 Å². The maximum atomic E-state index is 9.65. The van der Waals surface area contributed by atoms with Crippen LogP contribution >= 0.6 is 15.9 Å². The van der Waals surface area contributed by atoms with Crippen LogP contribution in [0.1, 0.15) is 19.7 Å². The Morgan fingerprint density at radius 3 is 2.53 bits per heavy atom.